The Morgan fingerprint density at radius 2 is 1.79 bits per heavy atom. The number of hydrogen-bond donors (Lipinski definition) is 4. The highest BCUT2D eigenvalue weighted by atomic mass is 79.9. The number of aliphatic hydroxyl groups excluding tert-OH is 1. The number of hydrogen-bond acceptors (Lipinski definition) is 10. The van der Waals surface area contributed by atoms with E-state index in [2.05, 4.69) is 37.1 Å². The van der Waals surface area contributed by atoms with Gasteiger partial charge in [-0.3, -0.25) is 5.43 Å². The van der Waals surface area contributed by atoms with Gasteiger partial charge in [0.15, 0.2) is 29.2 Å². The number of rotatable bonds is 15. The van der Waals surface area contributed by atoms with Crippen LogP contribution in [0.2, 0.25) is 10.0 Å². The zero-order valence-corrected chi connectivity index (χ0v) is 29.7. The molecule has 1 aliphatic rings. The number of hydrazone groups is 1. The van der Waals surface area contributed by atoms with E-state index in [1.807, 2.05) is 6.92 Å². The first-order chi connectivity index (χ1) is 23.0. The second-order valence-electron chi connectivity index (χ2n) is 10.2. The number of halogens is 3. The van der Waals surface area contributed by atoms with E-state index in [1.54, 1.807) is 62.4 Å². The van der Waals surface area contributed by atoms with Crippen LogP contribution in [-0.4, -0.2) is 56.5 Å². The molecule has 4 N–H and O–H groups in total. The molecule has 1 heterocycles. The van der Waals surface area contributed by atoms with Crippen LogP contribution in [0.15, 0.2) is 69.4 Å². The molecule has 0 aromatic heterocycles. The topological polar surface area (TPSA) is 149 Å². The van der Waals surface area contributed by atoms with Crippen LogP contribution in [0, 0.1) is 0 Å². The lowest BCUT2D eigenvalue weighted by molar-refractivity contribution is -0.136. The Kier molecular flexibility index (Phi) is 13.2. The third-order valence-corrected chi connectivity index (χ3v) is 8.00. The molecule has 0 spiro atoms. The van der Waals surface area contributed by atoms with Gasteiger partial charge in [0, 0.05) is 21.3 Å². The fraction of sp³-hybridized carbons (Fsp3) is 0.303. The van der Waals surface area contributed by atoms with Crippen molar-refractivity contribution in [1.29, 1.82) is 0 Å². The standard InChI is InChI=1S/C33H35BrCl2N4O8/c1-5-45-26-13-20(30-29(32(42)44-4)18(3)38-33(43)39-30)8-10-25(26)47-17-28(41)40-37-15-19-11-23(34)31(27(12-19)46-6-2)48-16-21-7-9-22(35)14-24(21)36/h7-15,28,30,40-41H,5-6,16-17H2,1-4H3,(H2,38,39,43)/b37-15-/t28-,30+/m1/s1. The Balaban J connectivity index is 1.40. The zero-order chi connectivity index (χ0) is 34.8. The molecule has 1 aliphatic heterocycles. The van der Waals surface area contributed by atoms with Gasteiger partial charge in [-0.15, -0.1) is 0 Å². The molecule has 15 heteroatoms. The number of esters is 1. The largest absolute Gasteiger partial charge is 0.490 e. The summed E-state index contributed by atoms with van der Waals surface area (Å²) in [7, 11) is 1.27. The lowest BCUT2D eigenvalue weighted by atomic mass is 9.95. The zero-order valence-electron chi connectivity index (χ0n) is 26.6. The fourth-order valence-corrected chi connectivity index (χ4v) is 5.71. The SMILES string of the molecule is CCOc1cc([C@@H]2NC(=O)NC(C)=C2C(=O)OC)ccc1OC[C@@H](O)N/N=C\c1cc(Br)c(OCc2ccc(Cl)cc2Cl)c(OCC)c1. The summed E-state index contributed by atoms with van der Waals surface area (Å²) in [6, 6.07) is 12.5. The van der Waals surface area contributed by atoms with E-state index in [1.165, 1.54) is 13.3 Å². The van der Waals surface area contributed by atoms with Crippen molar-refractivity contribution in [2.45, 2.75) is 39.6 Å². The lowest BCUT2D eigenvalue weighted by Gasteiger charge is -2.28. The maximum atomic E-state index is 12.5. The van der Waals surface area contributed by atoms with E-state index in [-0.39, 0.29) is 18.8 Å². The van der Waals surface area contributed by atoms with E-state index in [0.717, 1.165) is 5.56 Å². The highest BCUT2D eigenvalue weighted by Crippen LogP contribution is 2.38. The average Bonchev–Trinajstić information content (AvgIpc) is 3.04. The third-order valence-electron chi connectivity index (χ3n) is 6.83. The third kappa shape index (κ3) is 9.47. The number of ether oxygens (including phenoxy) is 5. The Labute approximate surface area is 296 Å². The van der Waals surface area contributed by atoms with Crippen molar-refractivity contribution in [3.8, 4) is 23.0 Å². The molecule has 4 rings (SSSR count). The molecule has 0 radical (unpaired) electrons. The molecule has 3 aromatic rings. The first-order valence-electron chi connectivity index (χ1n) is 14.8. The van der Waals surface area contributed by atoms with Crippen LogP contribution in [0.5, 0.6) is 23.0 Å². The molecular weight excluding hydrogens is 731 g/mol. The monoisotopic (exact) mass is 764 g/mol. The number of benzene rings is 3. The minimum atomic E-state index is -1.18. The van der Waals surface area contributed by atoms with Gasteiger partial charge in [0.2, 0.25) is 0 Å². The molecule has 256 valence electrons. The summed E-state index contributed by atoms with van der Waals surface area (Å²) in [5, 5.41) is 21.0. The smallest absolute Gasteiger partial charge is 0.337 e. The number of urea groups is 1. The van der Waals surface area contributed by atoms with E-state index in [9.17, 15) is 14.7 Å². The number of aliphatic hydroxyl groups is 1. The molecule has 3 aromatic carbocycles. The van der Waals surface area contributed by atoms with Gasteiger partial charge in [0.05, 0.1) is 42.6 Å². The predicted octanol–water partition coefficient (Wildman–Crippen LogP) is 6.25. The van der Waals surface area contributed by atoms with Gasteiger partial charge >= 0.3 is 12.0 Å². The number of nitrogens with one attached hydrogen (secondary N) is 3. The quantitative estimate of drug-likeness (QED) is 0.0610. The summed E-state index contributed by atoms with van der Waals surface area (Å²) in [6.45, 7) is 6.03. The Morgan fingerprint density at radius 1 is 1.04 bits per heavy atom. The maximum absolute atomic E-state index is 12.5. The fourth-order valence-electron chi connectivity index (χ4n) is 4.67. The molecule has 2 atom stereocenters. The summed E-state index contributed by atoms with van der Waals surface area (Å²) in [5.74, 6) is 1.10. The molecule has 0 saturated heterocycles. The van der Waals surface area contributed by atoms with Gasteiger partial charge in [-0.25, -0.2) is 9.59 Å². The van der Waals surface area contributed by atoms with Crippen LogP contribution in [0.1, 0.15) is 43.5 Å². The maximum Gasteiger partial charge on any atom is 0.337 e. The number of amides is 2. The van der Waals surface area contributed by atoms with E-state index in [4.69, 9.17) is 46.9 Å². The van der Waals surface area contributed by atoms with E-state index >= 15 is 0 Å². The van der Waals surface area contributed by atoms with Crippen LogP contribution in [0.4, 0.5) is 4.79 Å². The summed E-state index contributed by atoms with van der Waals surface area (Å²) in [4.78, 5) is 24.7. The molecular formula is C33H35BrCl2N4O8. The minimum Gasteiger partial charge on any atom is -0.490 e. The van der Waals surface area contributed by atoms with Crippen LogP contribution in [0.3, 0.4) is 0 Å². The van der Waals surface area contributed by atoms with Crippen LogP contribution in [-0.2, 0) is 16.1 Å². The highest BCUT2D eigenvalue weighted by molar-refractivity contribution is 9.10. The van der Waals surface area contributed by atoms with E-state index in [0.29, 0.717) is 67.6 Å². The molecule has 0 aliphatic carbocycles. The summed E-state index contributed by atoms with van der Waals surface area (Å²) in [6.07, 6.45) is 0.329. The van der Waals surface area contributed by atoms with Crippen molar-refractivity contribution >= 4 is 57.3 Å². The molecule has 12 nitrogen and oxygen atoms in total. The van der Waals surface area contributed by atoms with Gasteiger partial charge < -0.3 is 39.4 Å². The summed E-state index contributed by atoms with van der Waals surface area (Å²) < 4.78 is 29.0. The number of carbonyl (C=O) groups excluding carboxylic acids is 2. The number of methoxy groups -OCH3 is 1. The normalized spacial score (nSPS) is 15.0. The number of allylic oxidation sites excluding steroid dienone is 1. The molecule has 2 amide bonds. The first-order valence-corrected chi connectivity index (χ1v) is 16.3. The second kappa shape index (κ2) is 17.3. The Bertz CT molecular complexity index is 1700. The van der Waals surface area contributed by atoms with Crippen molar-refractivity contribution in [1.82, 2.24) is 16.1 Å². The van der Waals surface area contributed by atoms with Gasteiger partial charge in [-0.1, -0.05) is 35.3 Å². The molecule has 0 unspecified atom stereocenters. The molecule has 0 fully saturated rings. The van der Waals surface area contributed by atoms with Crippen molar-refractivity contribution in [3.05, 3.63) is 91.0 Å². The number of nitrogens with zero attached hydrogens (tertiary/aromatic N) is 1. The van der Waals surface area contributed by atoms with Gasteiger partial charge in [0.1, 0.15) is 13.2 Å². The molecule has 0 saturated carbocycles. The molecule has 48 heavy (non-hydrogen) atoms. The van der Waals surface area contributed by atoms with Crippen LogP contribution >= 0.6 is 39.1 Å². The van der Waals surface area contributed by atoms with Gasteiger partial charge in [-0.05, 0) is 84.2 Å². The van der Waals surface area contributed by atoms with E-state index < -0.39 is 24.3 Å². The summed E-state index contributed by atoms with van der Waals surface area (Å²) >= 11 is 15.8. The number of carbonyl (C=O) groups is 2. The average molecular weight is 766 g/mol. The lowest BCUT2D eigenvalue weighted by Crippen LogP contribution is -2.45. The van der Waals surface area contributed by atoms with Gasteiger partial charge in [0.25, 0.3) is 0 Å². The minimum absolute atomic E-state index is 0.179. The second-order valence-corrected chi connectivity index (χ2v) is 11.9. The van der Waals surface area contributed by atoms with Crippen LogP contribution < -0.4 is 35.0 Å². The van der Waals surface area contributed by atoms with Crippen molar-refractivity contribution in [3.63, 3.8) is 0 Å². The van der Waals surface area contributed by atoms with Crippen molar-refractivity contribution in [2.75, 3.05) is 26.9 Å². The Hall–Kier alpha value is -4.17. The van der Waals surface area contributed by atoms with Gasteiger partial charge in [-0.2, -0.15) is 5.10 Å². The predicted molar refractivity (Wildman–Crippen MR) is 185 cm³/mol. The van der Waals surface area contributed by atoms with Crippen molar-refractivity contribution < 1.29 is 38.4 Å². The highest BCUT2D eigenvalue weighted by Gasteiger charge is 2.32. The van der Waals surface area contributed by atoms with Crippen molar-refractivity contribution in [2.24, 2.45) is 5.10 Å². The van der Waals surface area contributed by atoms with Crippen LogP contribution in [0.25, 0.3) is 0 Å². The first kappa shape index (κ1) is 36.7. The molecule has 0 bridgehead atoms. The summed E-state index contributed by atoms with van der Waals surface area (Å²) in [5.41, 5.74) is 5.28. The Morgan fingerprint density at radius 3 is 2.50 bits per heavy atom.